The second kappa shape index (κ2) is 8.40. The number of benzene rings is 2. The van der Waals surface area contributed by atoms with Crippen LogP contribution in [0.1, 0.15) is 28.7 Å². The van der Waals surface area contributed by atoms with Gasteiger partial charge < -0.3 is 13.9 Å². The van der Waals surface area contributed by atoms with Gasteiger partial charge in [0.25, 0.3) is 0 Å². The lowest BCUT2D eigenvalue weighted by molar-refractivity contribution is -0.144. The number of rotatable bonds is 6. The lowest BCUT2D eigenvalue weighted by Gasteiger charge is -2.09. The van der Waals surface area contributed by atoms with Gasteiger partial charge in [0.2, 0.25) is 0 Å². The summed E-state index contributed by atoms with van der Waals surface area (Å²) in [6.07, 6.45) is 0.290. The number of nitriles is 1. The Morgan fingerprint density at radius 3 is 2.79 bits per heavy atom. The Morgan fingerprint density at radius 1 is 1.21 bits per heavy atom. The van der Waals surface area contributed by atoms with Crippen molar-refractivity contribution in [1.29, 1.82) is 5.26 Å². The molecule has 0 aliphatic rings. The van der Waals surface area contributed by atoms with E-state index >= 15 is 0 Å². The number of aryl methyl sites for hydroxylation is 1. The first-order valence-corrected chi connectivity index (χ1v) is 8.77. The largest absolute Gasteiger partial charge is 0.497 e. The fraction of sp³-hybridized carbons (Fsp3) is 0.227. The van der Waals surface area contributed by atoms with Crippen LogP contribution in [0.25, 0.3) is 11.0 Å². The third kappa shape index (κ3) is 4.21. The highest BCUT2D eigenvalue weighted by Gasteiger charge is 2.14. The zero-order valence-corrected chi connectivity index (χ0v) is 15.7. The summed E-state index contributed by atoms with van der Waals surface area (Å²) >= 11 is 0. The molecule has 28 heavy (non-hydrogen) atoms. The Bertz CT molecular complexity index is 1120. The maximum absolute atomic E-state index is 12.3. The number of methoxy groups -OCH3 is 1. The van der Waals surface area contributed by atoms with E-state index in [0.29, 0.717) is 22.5 Å². The minimum Gasteiger partial charge on any atom is -0.497 e. The molecule has 0 aliphatic heterocycles. The molecule has 0 atom stereocenters. The van der Waals surface area contributed by atoms with Gasteiger partial charge >= 0.3 is 11.6 Å². The van der Waals surface area contributed by atoms with Gasteiger partial charge in [0.05, 0.1) is 18.7 Å². The molecule has 142 valence electrons. The van der Waals surface area contributed by atoms with Gasteiger partial charge in [0.15, 0.2) is 0 Å². The molecule has 0 unspecified atom stereocenters. The van der Waals surface area contributed by atoms with Crippen LogP contribution in [0.4, 0.5) is 0 Å². The number of carbonyl (C=O) groups excluding carboxylic acids is 1. The van der Waals surface area contributed by atoms with Crippen LogP contribution < -0.4 is 10.4 Å². The first kappa shape index (κ1) is 19.2. The van der Waals surface area contributed by atoms with Crippen molar-refractivity contribution >= 4 is 16.9 Å². The lowest BCUT2D eigenvalue weighted by atomic mass is 10.0. The third-order valence-electron chi connectivity index (χ3n) is 4.53. The Hall–Kier alpha value is -3.59. The number of hydrogen-bond donors (Lipinski definition) is 0. The van der Waals surface area contributed by atoms with Crippen molar-refractivity contribution in [3.8, 4) is 11.8 Å². The van der Waals surface area contributed by atoms with Crippen LogP contribution in [0.3, 0.4) is 0 Å². The van der Waals surface area contributed by atoms with Crippen LogP contribution in [0.2, 0.25) is 0 Å². The first-order valence-electron chi connectivity index (χ1n) is 8.77. The fourth-order valence-corrected chi connectivity index (χ4v) is 2.98. The van der Waals surface area contributed by atoms with E-state index in [1.54, 1.807) is 43.5 Å². The summed E-state index contributed by atoms with van der Waals surface area (Å²) < 4.78 is 15.8. The monoisotopic (exact) mass is 377 g/mol. The SMILES string of the molecule is COc1ccc2c(C)c(CCC(=O)OCc3cccc(C#N)c3)c(=O)oc2c1. The summed E-state index contributed by atoms with van der Waals surface area (Å²) in [7, 11) is 1.54. The summed E-state index contributed by atoms with van der Waals surface area (Å²) in [4.78, 5) is 24.4. The van der Waals surface area contributed by atoms with Gasteiger partial charge in [-0.1, -0.05) is 12.1 Å². The fourth-order valence-electron chi connectivity index (χ4n) is 2.98. The highest BCUT2D eigenvalue weighted by molar-refractivity contribution is 5.82. The smallest absolute Gasteiger partial charge is 0.339 e. The molecule has 0 aliphatic carbocycles. The average Bonchev–Trinajstić information content (AvgIpc) is 2.71. The number of nitrogens with zero attached hydrogens (tertiary/aromatic N) is 1. The van der Waals surface area contributed by atoms with Crippen LogP contribution in [-0.4, -0.2) is 13.1 Å². The second-order valence-electron chi connectivity index (χ2n) is 6.33. The van der Waals surface area contributed by atoms with E-state index in [2.05, 4.69) is 0 Å². The van der Waals surface area contributed by atoms with Crippen LogP contribution in [-0.2, 0) is 22.6 Å². The average molecular weight is 377 g/mol. The van der Waals surface area contributed by atoms with Crippen molar-refractivity contribution in [3.63, 3.8) is 0 Å². The van der Waals surface area contributed by atoms with Crippen LogP contribution >= 0.6 is 0 Å². The van der Waals surface area contributed by atoms with Crippen molar-refractivity contribution < 1.29 is 18.7 Å². The van der Waals surface area contributed by atoms with Gasteiger partial charge in [-0.25, -0.2) is 4.79 Å². The predicted molar refractivity (Wildman–Crippen MR) is 103 cm³/mol. The number of esters is 1. The van der Waals surface area contributed by atoms with E-state index in [1.807, 2.05) is 19.1 Å². The number of hydrogen-bond acceptors (Lipinski definition) is 6. The number of carbonyl (C=O) groups is 1. The van der Waals surface area contributed by atoms with Gasteiger partial charge in [0, 0.05) is 23.4 Å². The van der Waals surface area contributed by atoms with Gasteiger partial charge in [-0.15, -0.1) is 0 Å². The van der Waals surface area contributed by atoms with E-state index in [-0.39, 0.29) is 19.4 Å². The highest BCUT2D eigenvalue weighted by Crippen LogP contribution is 2.24. The molecule has 0 saturated heterocycles. The summed E-state index contributed by atoms with van der Waals surface area (Å²) in [5.41, 5.74) is 2.47. The Morgan fingerprint density at radius 2 is 2.04 bits per heavy atom. The van der Waals surface area contributed by atoms with Crippen LogP contribution in [0.15, 0.2) is 51.7 Å². The molecule has 0 bridgehead atoms. The molecule has 0 amide bonds. The Labute approximate surface area is 161 Å². The Kier molecular flexibility index (Phi) is 5.75. The topological polar surface area (TPSA) is 89.5 Å². The molecule has 3 aromatic rings. The second-order valence-corrected chi connectivity index (χ2v) is 6.33. The molecule has 0 N–H and O–H groups in total. The summed E-state index contributed by atoms with van der Waals surface area (Å²) in [5, 5.41) is 9.71. The molecule has 0 spiro atoms. The number of ether oxygens (including phenoxy) is 2. The molecule has 3 rings (SSSR count). The van der Waals surface area contributed by atoms with E-state index in [0.717, 1.165) is 16.5 Å². The first-order chi connectivity index (χ1) is 13.5. The highest BCUT2D eigenvalue weighted by atomic mass is 16.5. The van der Waals surface area contributed by atoms with Gasteiger partial charge in [0.1, 0.15) is 17.9 Å². The standard InChI is InChI=1S/C22H19NO5/c1-14-18-7-6-17(26-2)11-20(18)28-22(25)19(14)8-9-21(24)27-13-16-5-3-4-15(10-16)12-23/h3-7,10-11H,8-9,13H2,1-2H3. The lowest BCUT2D eigenvalue weighted by Crippen LogP contribution is -2.13. The summed E-state index contributed by atoms with van der Waals surface area (Å²) in [6.45, 7) is 1.92. The normalized spacial score (nSPS) is 10.5. The van der Waals surface area contributed by atoms with Crippen LogP contribution in [0.5, 0.6) is 5.75 Å². The maximum Gasteiger partial charge on any atom is 0.339 e. The molecule has 0 saturated carbocycles. The molecule has 1 aromatic heterocycles. The zero-order chi connectivity index (χ0) is 20.1. The molecular formula is C22H19NO5. The van der Waals surface area contributed by atoms with Crippen molar-refractivity contribution in [2.45, 2.75) is 26.4 Å². The van der Waals surface area contributed by atoms with E-state index in [1.165, 1.54) is 0 Å². The molecule has 2 aromatic carbocycles. The summed E-state index contributed by atoms with van der Waals surface area (Å²) in [6, 6.07) is 14.2. The minimum absolute atomic E-state index is 0.0607. The summed E-state index contributed by atoms with van der Waals surface area (Å²) in [5.74, 6) is 0.183. The quantitative estimate of drug-likeness (QED) is 0.481. The van der Waals surface area contributed by atoms with Crippen molar-refractivity contribution in [2.24, 2.45) is 0 Å². The molecule has 6 heteroatoms. The van der Waals surface area contributed by atoms with E-state index in [9.17, 15) is 9.59 Å². The molecule has 1 heterocycles. The van der Waals surface area contributed by atoms with Crippen molar-refractivity contribution in [3.05, 3.63) is 75.1 Å². The van der Waals surface area contributed by atoms with Crippen LogP contribution in [0, 0.1) is 18.3 Å². The predicted octanol–water partition coefficient (Wildman–Crippen LogP) is 3.66. The maximum atomic E-state index is 12.3. The van der Waals surface area contributed by atoms with E-state index in [4.69, 9.17) is 19.2 Å². The molecule has 0 fully saturated rings. The van der Waals surface area contributed by atoms with E-state index < -0.39 is 11.6 Å². The third-order valence-corrected chi connectivity index (χ3v) is 4.53. The zero-order valence-electron chi connectivity index (χ0n) is 15.7. The van der Waals surface area contributed by atoms with Gasteiger partial charge in [-0.05, 0) is 48.7 Å². The molecular weight excluding hydrogens is 358 g/mol. The van der Waals surface area contributed by atoms with Gasteiger partial charge in [-0.2, -0.15) is 5.26 Å². The Balaban J connectivity index is 1.68. The van der Waals surface area contributed by atoms with Crippen molar-refractivity contribution in [1.82, 2.24) is 0 Å². The minimum atomic E-state index is -0.465. The number of fused-ring (bicyclic) bond motifs is 1. The molecule has 6 nitrogen and oxygen atoms in total. The van der Waals surface area contributed by atoms with Crippen molar-refractivity contribution in [2.75, 3.05) is 7.11 Å². The molecule has 0 radical (unpaired) electrons. The van der Waals surface area contributed by atoms with Gasteiger partial charge in [-0.3, -0.25) is 4.79 Å².